The van der Waals surface area contributed by atoms with Gasteiger partial charge in [-0.05, 0) is 18.2 Å². The van der Waals surface area contributed by atoms with Gasteiger partial charge in [0.15, 0.2) is 5.82 Å². The summed E-state index contributed by atoms with van der Waals surface area (Å²) in [4.78, 5) is 8.54. The fourth-order valence-corrected chi connectivity index (χ4v) is 2.24. The Morgan fingerprint density at radius 1 is 1.21 bits per heavy atom. The van der Waals surface area contributed by atoms with Crippen LogP contribution in [0.15, 0.2) is 42.9 Å². The number of para-hydroxylation sites is 2. The number of nitrogens with two attached hydrogens (primary N) is 1. The topological polar surface area (TPSA) is 80.6 Å². The molecule has 0 fully saturated rings. The molecule has 6 heteroatoms. The Balaban J connectivity index is 2.28. The molecule has 3 N–H and O–H groups in total. The Morgan fingerprint density at radius 2 is 2.00 bits per heavy atom. The molecule has 1 aromatic carbocycles. The summed E-state index contributed by atoms with van der Waals surface area (Å²) in [6.45, 7) is 0. The van der Waals surface area contributed by atoms with Crippen LogP contribution in [-0.4, -0.2) is 20.4 Å². The second-order valence-electron chi connectivity index (χ2n) is 4.01. The van der Waals surface area contributed by atoms with Crippen molar-refractivity contribution in [3.63, 3.8) is 0 Å². The van der Waals surface area contributed by atoms with E-state index >= 15 is 0 Å². The zero-order valence-electron chi connectivity index (χ0n) is 9.84. The number of rotatable bonds is 2. The summed E-state index contributed by atoms with van der Waals surface area (Å²) in [5.41, 5.74) is 7.71. The van der Waals surface area contributed by atoms with Gasteiger partial charge in [-0.15, -0.1) is 0 Å². The average Bonchev–Trinajstić information content (AvgIpc) is 2.82. The first-order valence-electron chi connectivity index (χ1n) is 5.60. The van der Waals surface area contributed by atoms with Crippen LogP contribution in [0.1, 0.15) is 5.56 Å². The van der Waals surface area contributed by atoms with Gasteiger partial charge in [0.25, 0.3) is 0 Å². The van der Waals surface area contributed by atoms with Crippen LogP contribution in [-0.2, 0) is 0 Å². The minimum Gasteiger partial charge on any atom is -0.384 e. The first-order valence-corrected chi connectivity index (χ1v) is 5.97. The van der Waals surface area contributed by atoms with Crippen LogP contribution in [0.5, 0.6) is 0 Å². The average molecular weight is 272 g/mol. The quantitative estimate of drug-likeness (QED) is 0.554. The van der Waals surface area contributed by atoms with Gasteiger partial charge in [0.05, 0.1) is 16.1 Å². The van der Waals surface area contributed by atoms with Crippen molar-refractivity contribution in [3.8, 4) is 5.82 Å². The van der Waals surface area contributed by atoms with Crippen LogP contribution in [0.4, 0.5) is 0 Å². The lowest BCUT2D eigenvalue weighted by Gasteiger charge is -2.08. The predicted molar refractivity (Wildman–Crippen MR) is 74.9 cm³/mol. The second kappa shape index (κ2) is 4.37. The maximum absolute atomic E-state index is 7.50. The van der Waals surface area contributed by atoms with Gasteiger partial charge in [-0.25, -0.2) is 9.97 Å². The molecule has 0 atom stereocenters. The van der Waals surface area contributed by atoms with Crippen molar-refractivity contribution in [2.75, 3.05) is 0 Å². The Hall–Kier alpha value is -2.40. The standard InChI is InChI=1S/C13H10ClN5/c14-11-8(12(15)16)5-6-17-13(11)19-7-18-9-3-1-2-4-10(9)19/h1-7H,(H3,15,16). The van der Waals surface area contributed by atoms with Gasteiger partial charge >= 0.3 is 0 Å². The van der Waals surface area contributed by atoms with Crippen molar-refractivity contribution in [1.82, 2.24) is 14.5 Å². The first kappa shape index (κ1) is 11.7. The number of imidazole rings is 1. The molecule has 3 aromatic rings. The first-order chi connectivity index (χ1) is 9.18. The normalized spacial score (nSPS) is 10.8. The largest absolute Gasteiger partial charge is 0.384 e. The molecule has 19 heavy (non-hydrogen) atoms. The highest BCUT2D eigenvalue weighted by atomic mass is 35.5. The monoisotopic (exact) mass is 271 g/mol. The highest BCUT2D eigenvalue weighted by Gasteiger charge is 2.13. The summed E-state index contributed by atoms with van der Waals surface area (Å²) >= 11 is 6.26. The third-order valence-corrected chi connectivity index (χ3v) is 3.22. The van der Waals surface area contributed by atoms with E-state index in [0.717, 1.165) is 11.0 Å². The number of nitrogen functional groups attached to an aromatic ring is 1. The van der Waals surface area contributed by atoms with Crippen LogP contribution < -0.4 is 5.73 Å². The highest BCUT2D eigenvalue weighted by Crippen LogP contribution is 2.25. The molecule has 94 valence electrons. The minimum atomic E-state index is -0.0851. The van der Waals surface area contributed by atoms with E-state index in [9.17, 15) is 0 Å². The zero-order valence-corrected chi connectivity index (χ0v) is 10.6. The smallest absolute Gasteiger partial charge is 0.157 e. The van der Waals surface area contributed by atoms with Crippen molar-refractivity contribution in [1.29, 1.82) is 5.41 Å². The molecule has 0 bridgehead atoms. The summed E-state index contributed by atoms with van der Waals surface area (Å²) in [5.74, 6) is 0.432. The number of fused-ring (bicyclic) bond motifs is 1. The van der Waals surface area contributed by atoms with Gasteiger partial charge in [0.1, 0.15) is 12.2 Å². The van der Waals surface area contributed by atoms with Gasteiger partial charge in [0.2, 0.25) is 0 Å². The van der Waals surface area contributed by atoms with Gasteiger partial charge in [-0.2, -0.15) is 0 Å². The Labute approximate surface area is 114 Å². The lowest BCUT2D eigenvalue weighted by atomic mass is 10.2. The van der Waals surface area contributed by atoms with Crippen molar-refractivity contribution >= 4 is 28.5 Å². The number of hydrogen-bond acceptors (Lipinski definition) is 3. The third kappa shape index (κ3) is 1.84. The number of pyridine rings is 1. The van der Waals surface area contributed by atoms with E-state index in [1.165, 1.54) is 0 Å². The molecule has 0 aliphatic rings. The van der Waals surface area contributed by atoms with Crippen LogP contribution in [0.3, 0.4) is 0 Å². The van der Waals surface area contributed by atoms with Crippen molar-refractivity contribution in [2.45, 2.75) is 0 Å². The number of benzene rings is 1. The maximum Gasteiger partial charge on any atom is 0.157 e. The van der Waals surface area contributed by atoms with E-state index in [4.69, 9.17) is 22.7 Å². The molecule has 5 nitrogen and oxygen atoms in total. The van der Waals surface area contributed by atoms with E-state index in [-0.39, 0.29) is 5.84 Å². The number of aromatic nitrogens is 3. The Morgan fingerprint density at radius 3 is 2.79 bits per heavy atom. The van der Waals surface area contributed by atoms with E-state index < -0.39 is 0 Å². The summed E-state index contributed by atoms with van der Waals surface area (Å²) in [6, 6.07) is 9.30. The highest BCUT2D eigenvalue weighted by molar-refractivity contribution is 6.35. The fraction of sp³-hybridized carbons (Fsp3) is 0. The van der Waals surface area contributed by atoms with Crippen molar-refractivity contribution < 1.29 is 0 Å². The molecule has 0 saturated heterocycles. The Bertz CT molecular complexity index is 778. The molecule has 0 aliphatic heterocycles. The fourth-order valence-electron chi connectivity index (χ4n) is 1.94. The molecule has 0 aliphatic carbocycles. The van der Waals surface area contributed by atoms with Gasteiger partial charge in [-0.3, -0.25) is 9.98 Å². The number of hydrogen-bond donors (Lipinski definition) is 2. The number of nitrogens with zero attached hydrogens (tertiary/aromatic N) is 3. The number of nitrogens with one attached hydrogen (secondary N) is 1. The summed E-state index contributed by atoms with van der Waals surface area (Å²) < 4.78 is 1.78. The van der Waals surface area contributed by atoms with Crippen LogP contribution in [0.2, 0.25) is 5.02 Å². The number of amidine groups is 1. The SMILES string of the molecule is N=C(N)c1ccnc(-n2cnc3ccccc32)c1Cl. The molecule has 3 rings (SSSR count). The van der Waals surface area contributed by atoms with Crippen LogP contribution in [0, 0.1) is 5.41 Å². The van der Waals surface area contributed by atoms with Crippen LogP contribution in [0.25, 0.3) is 16.9 Å². The van der Waals surface area contributed by atoms with Crippen molar-refractivity contribution in [3.05, 3.63) is 53.4 Å². The lowest BCUT2D eigenvalue weighted by molar-refractivity contribution is 1.02. The maximum atomic E-state index is 7.50. The zero-order chi connectivity index (χ0) is 13.4. The predicted octanol–water partition coefficient (Wildman–Crippen LogP) is 2.36. The molecule has 0 amide bonds. The number of halogens is 1. The molecular weight excluding hydrogens is 262 g/mol. The molecular formula is C13H10ClN5. The van der Waals surface area contributed by atoms with Gasteiger partial charge < -0.3 is 5.73 Å². The van der Waals surface area contributed by atoms with Crippen molar-refractivity contribution in [2.24, 2.45) is 5.73 Å². The lowest BCUT2D eigenvalue weighted by Crippen LogP contribution is -2.13. The molecule has 2 aromatic heterocycles. The van der Waals surface area contributed by atoms with Gasteiger partial charge in [-0.1, -0.05) is 23.7 Å². The third-order valence-electron chi connectivity index (χ3n) is 2.84. The minimum absolute atomic E-state index is 0.0851. The Kier molecular flexibility index (Phi) is 2.68. The molecule has 0 saturated carbocycles. The van der Waals surface area contributed by atoms with E-state index in [0.29, 0.717) is 16.4 Å². The van der Waals surface area contributed by atoms with Gasteiger partial charge in [0, 0.05) is 11.8 Å². The molecule has 0 radical (unpaired) electrons. The second-order valence-corrected chi connectivity index (χ2v) is 4.39. The molecule has 0 spiro atoms. The summed E-state index contributed by atoms with van der Waals surface area (Å²) in [7, 11) is 0. The molecule has 2 heterocycles. The molecule has 0 unspecified atom stereocenters. The summed E-state index contributed by atoms with van der Waals surface area (Å²) in [5, 5.41) is 7.85. The summed E-state index contributed by atoms with van der Waals surface area (Å²) in [6.07, 6.45) is 3.23. The van der Waals surface area contributed by atoms with E-state index in [1.807, 2.05) is 24.3 Å². The van der Waals surface area contributed by atoms with E-state index in [2.05, 4.69) is 9.97 Å². The van der Waals surface area contributed by atoms with Crippen LogP contribution >= 0.6 is 11.6 Å². The van der Waals surface area contributed by atoms with E-state index in [1.54, 1.807) is 23.2 Å².